The molecule has 22 heavy (non-hydrogen) atoms. The summed E-state index contributed by atoms with van der Waals surface area (Å²) in [4.78, 5) is 4.27. The maximum absolute atomic E-state index is 5.32. The minimum atomic E-state index is 0. The summed E-state index contributed by atoms with van der Waals surface area (Å²) in [5, 5.41) is 6.81. The predicted molar refractivity (Wildman–Crippen MR) is 106 cm³/mol. The Bertz CT molecular complexity index is 467. The Morgan fingerprint density at radius 3 is 2.73 bits per heavy atom. The molecule has 1 fully saturated rings. The normalized spacial score (nSPS) is 20.2. The number of nitrogens with zero attached hydrogens (tertiary/aromatic N) is 1. The number of hydrogen-bond donors (Lipinski definition) is 2. The van der Waals surface area contributed by atoms with Crippen LogP contribution >= 0.6 is 39.9 Å². The van der Waals surface area contributed by atoms with Crippen LogP contribution in [0.1, 0.15) is 31.2 Å². The second kappa shape index (κ2) is 10.4. The lowest BCUT2D eigenvalue weighted by Crippen LogP contribution is -2.39. The molecular weight excluding hydrogens is 457 g/mol. The molecule has 0 heterocycles. The van der Waals surface area contributed by atoms with E-state index in [4.69, 9.17) is 4.74 Å². The van der Waals surface area contributed by atoms with Crippen molar-refractivity contribution in [1.29, 1.82) is 0 Å². The molecular formula is C16H25BrIN3O. The van der Waals surface area contributed by atoms with Gasteiger partial charge in [0.2, 0.25) is 0 Å². The van der Waals surface area contributed by atoms with E-state index in [2.05, 4.69) is 55.8 Å². The van der Waals surface area contributed by atoms with Crippen LogP contribution in [-0.4, -0.2) is 38.8 Å². The molecule has 2 rings (SSSR count). The fourth-order valence-electron chi connectivity index (χ4n) is 2.33. The van der Waals surface area contributed by atoms with Gasteiger partial charge in [-0.05, 0) is 37.5 Å². The average Bonchev–Trinajstić information content (AvgIpc) is 3.26. The van der Waals surface area contributed by atoms with Gasteiger partial charge in [-0.2, -0.15) is 0 Å². The molecule has 0 radical (unpaired) electrons. The van der Waals surface area contributed by atoms with Crippen LogP contribution < -0.4 is 10.6 Å². The number of halogens is 2. The highest BCUT2D eigenvalue weighted by Crippen LogP contribution is 2.40. The molecule has 1 aliphatic rings. The van der Waals surface area contributed by atoms with Crippen LogP contribution in [0.2, 0.25) is 0 Å². The van der Waals surface area contributed by atoms with Crippen molar-refractivity contribution < 1.29 is 4.74 Å². The molecule has 124 valence electrons. The zero-order valence-electron chi connectivity index (χ0n) is 13.1. The molecule has 2 N–H and O–H groups in total. The Labute approximate surface area is 158 Å². The Morgan fingerprint density at radius 2 is 2.09 bits per heavy atom. The van der Waals surface area contributed by atoms with Crippen molar-refractivity contribution in [3.8, 4) is 0 Å². The van der Waals surface area contributed by atoms with Gasteiger partial charge in [0.15, 0.2) is 5.96 Å². The van der Waals surface area contributed by atoms with Gasteiger partial charge < -0.3 is 15.4 Å². The summed E-state index contributed by atoms with van der Waals surface area (Å²) in [6.45, 7) is 4.48. The zero-order valence-corrected chi connectivity index (χ0v) is 17.1. The quantitative estimate of drug-likeness (QED) is 0.271. The maximum atomic E-state index is 5.32. The third-order valence-corrected chi connectivity index (χ3v) is 4.13. The lowest BCUT2D eigenvalue weighted by atomic mass is 10.1. The highest BCUT2D eigenvalue weighted by Gasteiger charge is 2.38. The van der Waals surface area contributed by atoms with E-state index in [1.807, 2.05) is 14.0 Å². The van der Waals surface area contributed by atoms with Crippen molar-refractivity contribution in [2.24, 2.45) is 4.99 Å². The van der Waals surface area contributed by atoms with E-state index >= 15 is 0 Å². The van der Waals surface area contributed by atoms with Crippen LogP contribution in [0.3, 0.4) is 0 Å². The van der Waals surface area contributed by atoms with Gasteiger partial charge in [-0.3, -0.25) is 4.99 Å². The molecule has 1 saturated carbocycles. The fraction of sp³-hybridized carbons (Fsp3) is 0.562. The Balaban J connectivity index is 0.00000242. The van der Waals surface area contributed by atoms with Crippen molar-refractivity contribution >= 4 is 45.9 Å². The summed E-state index contributed by atoms with van der Waals surface area (Å²) < 4.78 is 6.45. The number of guanidine groups is 1. The van der Waals surface area contributed by atoms with Gasteiger partial charge in [-0.1, -0.05) is 28.1 Å². The molecule has 2 atom stereocenters. The first-order valence-corrected chi connectivity index (χ1v) is 8.34. The summed E-state index contributed by atoms with van der Waals surface area (Å²) in [7, 11) is 1.81. The largest absolute Gasteiger partial charge is 0.382 e. The van der Waals surface area contributed by atoms with E-state index in [9.17, 15) is 0 Å². The Morgan fingerprint density at radius 1 is 1.36 bits per heavy atom. The molecule has 0 amide bonds. The van der Waals surface area contributed by atoms with Crippen LogP contribution in [-0.2, 0) is 4.74 Å². The minimum Gasteiger partial charge on any atom is -0.382 e. The summed E-state index contributed by atoms with van der Waals surface area (Å²) >= 11 is 3.47. The van der Waals surface area contributed by atoms with Crippen LogP contribution in [0.4, 0.5) is 0 Å². The maximum Gasteiger partial charge on any atom is 0.191 e. The summed E-state index contributed by atoms with van der Waals surface area (Å²) in [5.41, 5.74) is 1.39. The van der Waals surface area contributed by atoms with Gasteiger partial charge in [0.25, 0.3) is 0 Å². The van der Waals surface area contributed by atoms with E-state index in [1.165, 1.54) is 12.0 Å². The predicted octanol–water partition coefficient (Wildman–Crippen LogP) is 3.51. The van der Waals surface area contributed by atoms with Crippen LogP contribution in [0.5, 0.6) is 0 Å². The monoisotopic (exact) mass is 481 g/mol. The molecule has 0 aromatic heterocycles. The van der Waals surface area contributed by atoms with Crippen molar-refractivity contribution in [1.82, 2.24) is 10.6 Å². The number of rotatable bonds is 7. The molecule has 4 nitrogen and oxygen atoms in total. The molecule has 0 spiro atoms. The van der Waals surface area contributed by atoms with Gasteiger partial charge in [0, 0.05) is 43.2 Å². The van der Waals surface area contributed by atoms with Crippen molar-refractivity contribution in [2.75, 3.05) is 26.8 Å². The van der Waals surface area contributed by atoms with Crippen molar-refractivity contribution in [3.63, 3.8) is 0 Å². The molecule has 6 heteroatoms. The van der Waals surface area contributed by atoms with Crippen LogP contribution in [0, 0.1) is 0 Å². The highest BCUT2D eigenvalue weighted by molar-refractivity contribution is 14.0. The van der Waals surface area contributed by atoms with E-state index < -0.39 is 0 Å². The summed E-state index contributed by atoms with van der Waals surface area (Å²) in [6, 6.07) is 9.07. The lowest BCUT2D eigenvalue weighted by Gasteiger charge is -2.12. The minimum absolute atomic E-state index is 0. The van der Waals surface area contributed by atoms with Crippen LogP contribution in [0.15, 0.2) is 33.7 Å². The lowest BCUT2D eigenvalue weighted by molar-refractivity contribution is 0.145. The van der Waals surface area contributed by atoms with Gasteiger partial charge in [0.05, 0.1) is 0 Å². The third-order valence-electron chi connectivity index (χ3n) is 3.60. The number of benzene rings is 1. The van der Waals surface area contributed by atoms with Gasteiger partial charge in [-0.15, -0.1) is 24.0 Å². The van der Waals surface area contributed by atoms with E-state index in [0.29, 0.717) is 12.0 Å². The Hall–Kier alpha value is -0.340. The van der Waals surface area contributed by atoms with E-state index in [1.54, 1.807) is 0 Å². The van der Waals surface area contributed by atoms with E-state index in [-0.39, 0.29) is 24.0 Å². The first-order chi connectivity index (χ1) is 10.2. The molecule has 1 aromatic rings. The number of hydrogen-bond acceptors (Lipinski definition) is 2. The molecule has 0 saturated heterocycles. The average molecular weight is 482 g/mol. The van der Waals surface area contributed by atoms with Gasteiger partial charge in [0.1, 0.15) is 0 Å². The summed E-state index contributed by atoms with van der Waals surface area (Å²) in [5.74, 6) is 1.48. The highest BCUT2D eigenvalue weighted by atomic mass is 127. The fourth-order valence-corrected chi connectivity index (χ4v) is 2.59. The topological polar surface area (TPSA) is 45.6 Å². The second-order valence-electron chi connectivity index (χ2n) is 5.19. The van der Waals surface area contributed by atoms with E-state index in [0.717, 1.165) is 36.6 Å². The smallest absolute Gasteiger partial charge is 0.191 e. The zero-order chi connectivity index (χ0) is 15.1. The third kappa shape index (κ3) is 6.42. The number of aliphatic imine (C=N–C) groups is 1. The standard InChI is InChI=1S/C16H24BrN3O.HI/c1-3-21-10-4-9-19-16(18-2)20-15-11-14(15)12-5-7-13(17)8-6-12;/h5-8,14-15H,3-4,9-11H2,1-2H3,(H2,18,19,20);1H. The number of nitrogens with one attached hydrogen (secondary N) is 2. The number of ether oxygens (including phenoxy) is 1. The molecule has 0 bridgehead atoms. The molecule has 0 aliphatic heterocycles. The molecule has 1 aliphatic carbocycles. The van der Waals surface area contributed by atoms with Crippen LogP contribution in [0.25, 0.3) is 0 Å². The van der Waals surface area contributed by atoms with Crippen molar-refractivity contribution in [3.05, 3.63) is 34.3 Å². The first-order valence-electron chi connectivity index (χ1n) is 7.55. The van der Waals surface area contributed by atoms with Crippen molar-refractivity contribution in [2.45, 2.75) is 31.7 Å². The first kappa shape index (κ1) is 19.7. The SMILES string of the molecule is CCOCCCNC(=NC)NC1CC1c1ccc(Br)cc1.I. The summed E-state index contributed by atoms with van der Waals surface area (Å²) in [6.07, 6.45) is 2.16. The molecule has 1 aromatic carbocycles. The van der Waals surface area contributed by atoms with Gasteiger partial charge >= 0.3 is 0 Å². The van der Waals surface area contributed by atoms with Gasteiger partial charge in [-0.25, -0.2) is 0 Å². The molecule has 2 unspecified atom stereocenters. The Kier molecular flexibility index (Phi) is 9.35. The second-order valence-corrected chi connectivity index (χ2v) is 6.11.